The Kier molecular flexibility index (Phi) is 5.63. The van der Waals surface area contributed by atoms with E-state index >= 15 is 0 Å². The Hall–Kier alpha value is -1.75. The summed E-state index contributed by atoms with van der Waals surface area (Å²) < 4.78 is 15.9. The molecule has 5 nitrogen and oxygen atoms in total. The second-order valence-corrected chi connectivity index (χ2v) is 4.24. The maximum Gasteiger partial charge on any atom is 0.329 e. The van der Waals surface area contributed by atoms with Crippen LogP contribution in [-0.4, -0.2) is 38.9 Å². The minimum atomic E-state index is -0.892. The molecule has 1 N–H and O–H groups in total. The van der Waals surface area contributed by atoms with Gasteiger partial charge < -0.3 is 19.5 Å². The molecule has 0 heterocycles. The average molecular weight is 267 g/mol. The van der Waals surface area contributed by atoms with Gasteiger partial charge in [0.25, 0.3) is 0 Å². The van der Waals surface area contributed by atoms with Crippen molar-refractivity contribution in [2.45, 2.75) is 19.4 Å². The molecule has 0 radical (unpaired) electrons. The number of benzene rings is 1. The van der Waals surface area contributed by atoms with E-state index in [1.54, 1.807) is 40.1 Å². The van der Waals surface area contributed by atoms with Crippen molar-refractivity contribution in [1.82, 2.24) is 5.32 Å². The molecule has 1 atom stereocenters. The number of para-hydroxylation sites is 2. The zero-order valence-electron chi connectivity index (χ0n) is 11.9. The normalized spacial score (nSPS) is 13.5. The van der Waals surface area contributed by atoms with Gasteiger partial charge in [-0.1, -0.05) is 12.1 Å². The third kappa shape index (κ3) is 3.86. The van der Waals surface area contributed by atoms with Crippen LogP contribution in [0.3, 0.4) is 0 Å². The second kappa shape index (κ2) is 6.99. The molecule has 106 valence electrons. The quantitative estimate of drug-likeness (QED) is 0.761. The molecule has 1 aromatic carbocycles. The average Bonchev–Trinajstić information content (AvgIpc) is 2.45. The number of carbonyl (C=O) groups is 1. The van der Waals surface area contributed by atoms with Crippen molar-refractivity contribution in [2.24, 2.45) is 0 Å². The number of hydrogen-bond donors (Lipinski definition) is 1. The van der Waals surface area contributed by atoms with Gasteiger partial charge in [-0.15, -0.1) is 0 Å². The number of methoxy groups -OCH3 is 1. The van der Waals surface area contributed by atoms with Crippen molar-refractivity contribution < 1.29 is 19.0 Å². The molecule has 1 unspecified atom stereocenters. The fraction of sp³-hybridized carbons (Fsp3) is 0.500. The van der Waals surface area contributed by atoms with Gasteiger partial charge in [0.05, 0.1) is 13.7 Å². The minimum Gasteiger partial charge on any atom is -0.493 e. The molecular weight excluding hydrogens is 246 g/mol. The Morgan fingerprint density at radius 2 is 1.95 bits per heavy atom. The third-order valence-corrected chi connectivity index (χ3v) is 2.86. The highest BCUT2D eigenvalue weighted by Gasteiger charge is 2.34. The maximum atomic E-state index is 11.9. The predicted octanol–water partition coefficient (Wildman–Crippen LogP) is 1.62. The van der Waals surface area contributed by atoms with E-state index < -0.39 is 5.54 Å². The largest absolute Gasteiger partial charge is 0.493 e. The topological polar surface area (TPSA) is 56.8 Å². The lowest BCUT2D eigenvalue weighted by molar-refractivity contribution is -0.151. The number of likely N-dealkylation sites (N-methyl/N-ethyl adjacent to an activating group) is 1. The highest BCUT2D eigenvalue weighted by atomic mass is 16.5. The maximum absolute atomic E-state index is 11.9. The molecule has 19 heavy (non-hydrogen) atoms. The minimum absolute atomic E-state index is 0.155. The molecule has 0 saturated heterocycles. The first-order chi connectivity index (χ1) is 9.07. The van der Waals surface area contributed by atoms with Gasteiger partial charge in [-0.25, -0.2) is 4.79 Å². The summed E-state index contributed by atoms with van der Waals surface area (Å²) in [5, 5.41) is 2.93. The van der Waals surface area contributed by atoms with E-state index in [1.807, 2.05) is 12.1 Å². The lowest BCUT2D eigenvalue weighted by atomic mass is 10.1. The molecule has 0 fully saturated rings. The lowest BCUT2D eigenvalue weighted by Crippen LogP contribution is -2.53. The van der Waals surface area contributed by atoms with Crippen molar-refractivity contribution in [3.05, 3.63) is 24.3 Å². The van der Waals surface area contributed by atoms with E-state index in [0.717, 1.165) is 0 Å². The standard InChI is InChI=1S/C14H21NO4/c1-5-18-13(16)14(2,15-3)10-19-12-9-7-6-8-11(12)17-4/h6-9,15H,5,10H2,1-4H3. The van der Waals surface area contributed by atoms with Crippen LogP contribution in [0.1, 0.15) is 13.8 Å². The van der Waals surface area contributed by atoms with Crippen LogP contribution < -0.4 is 14.8 Å². The molecule has 0 aliphatic carbocycles. The van der Waals surface area contributed by atoms with Gasteiger partial charge in [0.2, 0.25) is 0 Å². The van der Waals surface area contributed by atoms with Crippen molar-refractivity contribution in [3.8, 4) is 11.5 Å². The number of hydrogen-bond acceptors (Lipinski definition) is 5. The van der Waals surface area contributed by atoms with Gasteiger partial charge in [-0.2, -0.15) is 0 Å². The van der Waals surface area contributed by atoms with Crippen molar-refractivity contribution >= 4 is 5.97 Å². The molecule has 0 saturated carbocycles. The summed E-state index contributed by atoms with van der Waals surface area (Å²) in [7, 11) is 3.27. The van der Waals surface area contributed by atoms with E-state index in [0.29, 0.717) is 18.1 Å². The summed E-state index contributed by atoms with van der Waals surface area (Å²) in [6, 6.07) is 7.30. The zero-order valence-corrected chi connectivity index (χ0v) is 11.9. The number of esters is 1. The summed E-state index contributed by atoms with van der Waals surface area (Å²) in [6.07, 6.45) is 0. The third-order valence-electron chi connectivity index (χ3n) is 2.86. The van der Waals surface area contributed by atoms with Crippen LogP contribution in [0, 0.1) is 0 Å². The van der Waals surface area contributed by atoms with Crippen LogP contribution in [0.15, 0.2) is 24.3 Å². The number of carbonyl (C=O) groups excluding carboxylic acids is 1. The predicted molar refractivity (Wildman–Crippen MR) is 72.6 cm³/mol. The molecule has 0 aliphatic rings. The van der Waals surface area contributed by atoms with E-state index in [1.165, 1.54) is 0 Å². The lowest BCUT2D eigenvalue weighted by Gasteiger charge is -2.26. The van der Waals surface area contributed by atoms with Gasteiger partial charge >= 0.3 is 5.97 Å². The Morgan fingerprint density at radius 1 is 1.32 bits per heavy atom. The van der Waals surface area contributed by atoms with Crippen molar-refractivity contribution in [2.75, 3.05) is 27.4 Å². The molecule has 0 bridgehead atoms. The number of nitrogens with one attached hydrogen (secondary N) is 1. The fourth-order valence-electron chi connectivity index (χ4n) is 1.48. The molecule has 1 rings (SSSR count). The van der Waals surface area contributed by atoms with E-state index in [4.69, 9.17) is 14.2 Å². The second-order valence-electron chi connectivity index (χ2n) is 4.24. The first-order valence-corrected chi connectivity index (χ1v) is 6.19. The Morgan fingerprint density at radius 3 is 2.47 bits per heavy atom. The van der Waals surface area contributed by atoms with Crippen LogP contribution in [0.2, 0.25) is 0 Å². The fourth-order valence-corrected chi connectivity index (χ4v) is 1.48. The van der Waals surface area contributed by atoms with E-state index in [2.05, 4.69) is 5.32 Å². The Labute approximate surface area is 113 Å². The Bertz CT molecular complexity index is 422. The van der Waals surface area contributed by atoms with Crippen LogP contribution >= 0.6 is 0 Å². The van der Waals surface area contributed by atoms with Crippen molar-refractivity contribution in [3.63, 3.8) is 0 Å². The molecular formula is C14H21NO4. The summed E-state index contributed by atoms with van der Waals surface area (Å²) in [4.78, 5) is 11.9. The summed E-state index contributed by atoms with van der Waals surface area (Å²) >= 11 is 0. The molecule has 5 heteroatoms. The molecule has 1 aromatic rings. The van der Waals surface area contributed by atoms with Gasteiger partial charge in [0.15, 0.2) is 11.5 Å². The van der Waals surface area contributed by atoms with Crippen molar-refractivity contribution in [1.29, 1.82) is 0 Å². The van der Waals surface area contributed by atoms with Crippen LogP contribution in [0.25, 0.3) is 0 Å². The molecule has 0 spiro atoms. The van der Waals surface area contributed by atoms with Crippen LogP contribution in [0.5, 0.6) is 11.5 Å². The van der Waals surface area contributed by atoms with Crippen LogP contribution in [0.4, 0.5) is 0 Å². The van der Waals surface area contributed by atoms with Gasteiger partial charge in [0.1, 0.15) is 12.1 Å². The van der Waals surface area contributed by atoms with Crippen LogP contribution in [-0.2, 0) is 9.53 Å². The smallest absolute Gasteiger partial charge is 0.329 e. The Balaban J connectivity index is 2.74. The first-order valence-electron chi connectivity index (χ1n) is 6.19. The molecule has 0 amide bonds. The van der Waals surface area contributed by atoms with E-state index in [9.17, 15) is 4.79 Å². The van der Waals surface area contributed by atoms with Gasteiger partial charge in [0, 0.05) is 0 Å². The summed E-state index contributed by atoms with van der Waals surface area (Å²) in [5.74, 6) is 0.882. The number of ether oxygens (including phenoxy) is 3. The monoisotopic (exact) mass is 267 g/mol. The molecule has 0 aromatic heterocycles. The zero-order chi connectivity index (χ0) is 14.3. The highest BCUT2D eigenvalue weighted by Crippen LogP contribution is 2.26. The highest BCUT2D eigenvalue weighted by molar-refractivity contribution is 5.80. The summed E-state index contributed by atoms with van der Waals surface area (Å²) in [5.41, 5.74) is -0.892. The van der Waals surface area contributed by atoms with Gasteiger partial charge in [-0.05, 0) is 33.0 Å². The summed E-state index contributed by atoms with van der Waals surface area (Å²) in [6.45, 7) is 4.00. The first kappa shape index (κ1) is 15.3. The van der Waals surface area contributed by atoms with E-state index in [-0.39, 0.29) is 12.6 Å². The van der Waals surface area contributed by atoms with Gasteiger partial charge in [-0.3, -0.25) is 0 Å². The SMILES string of the molecule is CCOC(=O)C(C)(COc1ccccc1OC)NC. The molecule has 0 aliphatic heterocycles. The number of rotatable bonds is 7.